The predicted molar refractivity (Wildman–Crippen MR) is 163 cm³/mol. The van der Waals surface area contributed by atoms with Gasteiger partial charge in [-0.3, -0.25) is 4.79 Å². The molecule has 0 aliphatic heterocycles. The Morgan fingerprint density at radius 1 is 0.825 bits per heavy atom. The number of carbonyl (C=O) groups is 1. The van der Waals surface area contributed by atoms with Crippen LogP contribution >= 0.6 is 39.0 Å². The van der Waals surface area contributed by atoms with Crippen LogP contribution < -0.4 is 14.8 Å². The number of rotatable bonds is 9. The summed E-state index contributed by atoms with van der Waals surface area (Å²) in [6.45, 7) is 1.80. The summed E-state index contributed by atoms with van der Waals surface area (Å²) in [4.78, 5) is 22.4. The fourth-order valence-electron chi connectivity index (χ4n) is 3.76. The highest BCUT2D eigenvalue weighted by molar-refractivity contribution is 9.10. The number of carbonyl (C=O) groups excluding carboxylic acids is 1. The number of nitrogens with one attached hydrogen (secondary N) is 1. The summed E-state index contributed by atoms with van der Waals surface area (Å²) < 4.78 is 11.6. The lowest BCUT2D eigenvalue weighted by atomic mass is 10.0. The SMILES string of the molecule is COc1ccc(-c2nnc(SC(C)C(=O)Nc3nc(-c4ccc(Br)cc4)cs3)nc2-c2ccc(OC)cc2)cc1. The maximum Gasteiger partial charge on any atom is 0.239 e. The number of hydrogen-bond acceptors (Lipinski definition) is 9. The highest BCUT2D eigenvalue weighted by atomic mass is 79.9. The number of hydrogen-bond donors (Lipinski definition) is 1. The smallest absolute Gasteiger partial charge is 0.239 e. The quantitative estimate of drug-likeness (QED) is 0.170. The van der Waals surface area contributed by atoms with Gasteiger partial charge in [0.1, 0.15) is 22.9 Å². The van der Waals surface area contributed by atoms with Gasteiger partial charge in [0.15, 0.2) is 5.13 Å². The molecule has 0 radical (unpaired) electrons. The molecule has 0 bridgehead atoms. The van der Waals surface area contributed by atoms with E-state index in [0.717, 1.165) is 38.4 Å². The summed E-state index contributed by atoms with van der Waals surface area (Å²) in [6, 6.07) is 23.0. The molecule has 0 fully saturated rings. The molecule has 2 heterocycles. The van der Waals surface area contributed by atoms with E-state index in [1.807, 2.05) is 78.2 Å². The van der Waals surface area contributed by atoms with Crippen LogP contribution in [-0.4, -0.2) is 45.5 Å². The average Bonchev–Trinajstić information content (AvgIpc) is 3.46. The third kappa shape index (κ3) is 6.49. The summed E-state index contributed by atoms with van der Waals surface area (Å²) in [6.07, 6.45) is 0. The normalized spacial score (nSPS) is 11.6. The Bertz CT molecular complexity index is 1610. The fourth-order valence-corrected chi connectivity index (χ4v) is 5.46. The van der Waals surface area contributed by atoms with Crippen molar-refractivity contribution in [2.45, 2.75) is 17.3 Å². The van der Waals surface area contributed by atoms with Crippen molar-refractivity contribution < 1.29 is 14.3 Å². The number of ether oxygens (including phenoxy) is 2. The molecular weight excluding hydrogens is 610 g/mol. The van der Waals surface area contributed by atoms with Crippen molar-refractivity contribution in [2.75, 3.05) is 19.5 Å². The molecule has 11 heteroatoms. The molecule has 0 spiro atoms. The molecule has 1 N–H and O–H groups in total. The van der Waals surface area contributed by atoms with E-state index in [1.54, 1.807) is 21.1 Å². The molecule has 202 valence electrons. The summed E-state index contributed by atoms with van der Waals surface area (Å²) in [5.74, 6) is 1.28. The fraction of sp³-hybridized carbons (Fsp3) is 0.138. The van der Waals surface area contributed by atoms with Gasteiger partial charge in [0, 0.05) is 26.5 Å². The molecule has 0 saturated carbocycles. The zero-order valence-corrected chi connectivity index (χ0v) is 25.0. The second-order valence-electron chi connectivity index (χ2n) is 8.54. The van der Waals surface area contributed by atoms with Gasteiger partial charge in [-0.05, 0) is 67.6 Å². The Balaban J connectivity index is 1.36. The van der Waals surface area contributed by atoms with Gasteiger partial charge in [-0.2, -0.15) is 0 Å². The Hall–Kier alpha value is -3.80. The van der Waals surface area contributed by atoms with Crippen LogP contribution in [0.25, 0.3) is 33.8 Å². The number of methoxy groups -OCH3 is 2. The minimum absolute atomic E-state index is 0.199. The van der Waals surface area contributed by atoms with Crippen LogP contribution in [0.5, 0.6) is 11.5 Å². The van der Waals surface area contributed by atoms with Crippen LogP contribution in [0, 0.1) is 0 Å². The van der Waals surface area contributed by atoms with E-state index in [1.165, 1.54) is 23.1 Å². The molecule has 0 aliphatic carbocycles. The number of thioether (sulfide) groups is 1. The van der Waals surface area contributed by atoms with Crippen molar-refractivity contribution in [3.63, 3.8) is 0 Å². The highest BCUT2D eigenvalue weighted by Gasteiger charge is 2.21. The second kappa shape index (κ2) is 12.6. The first-order valence-corrected chi connectivity index (χ1v) is 14.7. The third-order valence-corrected chi connectivity index (χ3v) is 8.16. The summed E-state index contributed by atoms with van der Waals surface area (Å²) in [5.41, 5.74) is 4.75. The molecule has 0 aliphatic rings. The van der Waals surface area contributed by atoms with Gasteiger partial charge in [0.2, 0.25) is 11.1 Å². The van der Waals surface area contributed by atoms with E-state index in [9.17, 15) is 4.79 Å². The molecular formula is C29H24BrN5O3S2. The zero-order valence-electron chi connectivity index (χ0n) is 21.8. The van der Waals surface area contributed by atoms with Crippen molar-refractivity contribution in [3.05, 3.63) is 82.6 Å². The van der Waals surface area contributed by atoms with E-state index >= 15 is 0 Å². The largest absolute Gasteiger partial charge is 0.497 e. The van der Waals surface area contributed by atoms with E-state index in [0.29, 0.717) is 21.7 Å². The number of halogens is 1. The van der Waals surface area contributed by atoms with Crippen molar-refractivity contribution >= 4 is 50.1 Å². The van der Waals surface area contributed by atoms with Crippen molar-refractivity contribution in [3.8, 4) is 45.3 Å². The summed E-state index contributed by atoms with van der Waals surface area (Å²) >= 11 is 6.05. The second-order valence-corrected chi connectivity index (χ2v) is 11.6. The van der Waals surface area contributed by atoms with Gasteiger partial charge in [0.05, 0.1) is 25.2 Å². The lowest BCUT2D eigenvalue weighted by molar-refractivity contribution is -0.115. The minimum atomic E-state index is -0.489. The van der Waals surface area contributed by atoms with Gasteiger partial charge in [-0.15, -0.1) is 21.5 Å². The monoisotopic (exact) mass is 633 g/mol. The predicted octanol–water partition coefficient (Wildman–Crippen LogP) is 7.23. The maximum atomic E-state index is 13.0. The summed E-state index contributed by atoms with van der Waals surface area (Å²) in [5, 5.41) is 14.1. The number of aromatic nitrogens is 4. The van der Waals surface area contributed by atoms with Crippen LogP contribution in [0.15, 0.2) is 87.8 Å². The molecule has 2 aromatic heterocycles. The molecule has 1 amide bonds. The van der Waals surface area contributed by atoms with Gasteiger partial charge in [-0.1, -0.05) is 39.8 Å². The Kier molecular flexibility index (Phi) is 8.73. The molecule has 8 nitrogen and oxygen atoms in total. The van der Waals surface area contributed by atoms with Gasteiger partial charge in [-0.25, -0.2) is 9.97 Å². The lowest BCUT2D eigenvalue weighted by Crippen LogP contribution is -2.22. The molecule has 1 atom stereocenters. The average molecular weight is 635 g/mol. The van der Waals surface area contributed by atoms with Crippen LogP contribution in [0.3, 0.4) is 0 Å². The third-order valence-electron chi connectivity index (χ3n) is 5.92. The van der Waals surface area contributed by atoms with Crippen LogP contribution in [-0.2, 0) is 4.79 Å². The van der Waals surface area contributed by atoms with Gasteiger partial charge in [0.25, 0.3) is 0 Å². The minimum Gasteiger partial charge on any atom is -0.497 e. The van der Waals surface area contributed by atoms with Crippen molar-refractivity contribution in [1.82, 2.24) is 20.2 Å². The number of amides is 1. The first kappa shape index (κ1) is 27.8. The number of anilines is 1. The lowest BCUT2D eigenvalue weighted by Gasteiger charge is -2.13. The molecule has 3 aromatic carbocycles. The van der Waals surface area contributed by atoms with Crippen LogP contribution in [0.4, 0.5) is 5.13 Å². The Labute approximate surface area is 248 Å². The number of nitrogens with zero attached hydrogens (tertiary/aromatic N) is 4. The molecule has 5 aromatic rings. The van der Waals surface area contributed by atoms with Gasteiger partial charge < -0.3 is 14.8 Å². The van der Waals surface area contributed by atoms with E-state index < -0.39 is 5.25 Å². The van der Waals surface area contributed by atoms with E-state index in [-0.39, 0.29) is 5.91 Å². The molecule has 1 unspecified atom stereocenters. The molecule has 40 heavy (non-hydrogen) atoms. The Morgan fingerprint density at radius 2 is 1.40 bits per heavy atom. The van der Waals surface area contributed by atoms with Crippen LogP contribution in [0.1, 0.15) is 6.92 Å². The zero-order chi connectivity index (χ0) is 28.1. The topological polar surface area (TPSA) is 99.1 Å². The molecule has 5 rings (SSSR count). The summed E-state index contributed by atoms with van der Waals surface area (Å²) in [7, 11) is 3.25. The first-order chi connectivity index (χ1) is 19.4. The van der Waals surface area contributed by atoms with E-state index in [4.69, 9.17) is 14.5 Å². The highest BCUT2D eigenvalue weighted by Crippen LogP contribution is 2.33. The van der Waals surface area contributed by atoms with Crippen LogP contribution in [0.2, 0.25) is 0 Å². The van der Waals surface area contributed by atoms with Crippen molar-refractivity contribution in [1.29, 1.82) is 0 Å². The Morgan fingerprint density at radius 3 is 2.00 bits per heavy atom. The van der Waals surface area contributed by atoms with E-state index in [2.05, 4.69) is 36.4 Å². The van der Waals surface area contributed by atoms with Gasteiger partial charge >= 0.3 is 0 Å². The molecule has 0 saturated heterocycles. The first-order valence-electron chi connectivity index (χ1n) is 12.2. The number of benzene rings is 3. The standard InChI is InChI=1S/C29H24BrN5O3S2/c1-17(27(36)33-28-31-24(16-39-28)18-4-10-21(30)11-5-18)40-29-32-25(19-6-12-22(37-2)13-7-19)26(34-35-29)20-8-14-23(38-3)15-9-20/h4-17H,1-3H3,(H,31,33,36). The number of thiazole rings is 1. The maximum absolute atomic E-state index is 13.0. The van der Waals surface area contributed by atoms with Crippen molar-refractivity contribution in [2.24, 2.45) is 0 Å².